The molecule has 0 aliphatic rings. The number of hydrogen-bond donors (Lipinski definition) is 2. The van der Waals surface area contributed by atoms with Crippen molar-refractivity contribution in [2.75, 3.05) is 12.7 Å². The lowest BCUT2D eigenvalue weighted by Crippen LogP contribution is -2.33. The smallest absolute Gasteiger partial charge is 0.404 e. The number of carbonyl (C=O) groups is 1. The van der Waals surface area contributed by atoms with E-state index in [1.165, 1.54) is 15.9 Å². The monoisotopic (exact) mass is 406 g/mol. The Morgan fingerprint density at radius 3 is 1.48 bits per heavy atom. The van der Waals surface area contributed by atoms with Crippen LogP contribution in [0.3, 0.4) is 0 Å². The van der Waals surface area contributed by atoms with Crippen LogP contribution in [0, 0.1) is 0 Å². The third-order valence-corrected chi connectivity index (χ3v) is 9.81. The van der Waals surface area contributed by atoms with Crippen molar-refractivity contribution in [3.63, 3.8) is 0 Å². The van der Waals surface area contributed by atoms with Gasteiger partial charge in [-0.15, -0.1) is 0 Å². The number of benzene rings is 3. The fourth-order valence-electron chi connectivity index (χ4n) is 3.90. The Hall–Kier alpha value is -2.64. The summed E-state index contributed by atoms with van der Waals surface area (Å²) in [5, 5.41) is 15.4. The molecule has 0 aliphatic heterocycles. The molecule has 150 valence electrons. The molecule has 0 aromatic heterocycles. The zero-order chi connectivity index (χ0) is 20.4. The Balaban J connectivity index is 1.86. The molecule has 3 aromatic rings. The number of nitrogens with one attached hydrogen (secondary N) is 1. The van der Waals surface area contributed by atoms with E-state index in [1.54, 1.807) is 0 Å². The van der Waals surface area contributed by atoms with Gasteiger partial charge in [0.15, 0.2) is 0 Å². The normalized spacial score (nSPS) is 11.2. The standard InChI is InChI=1S/C25H28NO2P/c27-25(28)26-20-12-1-2-13-21-29(22-14-6-3-7-15-22,23-16-8-4-9-17-23)24-18-10-5-11-19-24/h3-11,14-19,26H,1-2,12-13,20-21H2/p+1. The molecule has 4 heteroatoms. The average molecular weight is 406 g/mol. The summed E-state index contributed by atoms with van der Waals surface area (Å²) in [7, 11) is -1.73. The van der Waals surface area contributed by atoms with E-state index in [1.807, 2.05) is 0 Å². The highest BCUT2D eigenvalue weighted by Crippen LogP contribution is 2.55. The molecule has 0 bridgehead atoms. The number of hydrogen-bond acceptors (Lipinski definition) is 1. The zero-order valence-corrected chi connectivity index (χ0v) is 17.6. The highest BCUT2D eigenvalue weighted by Gasteiger charge is 2.44. The quantitative estimate of drug-likeness (QED) is 0.375. The van der Waals surface area contributed by atoms with Gasteiger partial charge in [0.25, 0.3) is 0 Å². The second kappa shape index (κ2) is 10.8. The Morgan fingerprint density at radius 1 is 0.655 bits per heavy atom. The first-order valence-electron chi connectivity index (χ1n) is 10.3. The third kappa shape index (κ3) is 5.46. The van der Waals surface area contributed by atoms with Crippen molar-refractivity contribution in [2.24, 2.45) is 0 Å². The molecule has 29 heavy (non-hydrogen) atoms. The van der Waals surface area contributed by atoms with Gasteiger partial charge in [0.05, 0.1) is 6.16 Å². The molecule has 3 nitrogen and oxygen atoms in total. The molecule has 0 fully saturated rings. The van der Waals surface area contributed by atoms with Gasteiger partial charge in [0, 0.05) is 6.54 Å². The lowest BCUT2D eigenvalue weighted by Gasteiger charge is -2.27. The van der Waals surface area contributed by atoms with Crippen molar-refractivity contribution >= 4 is 29.3 Å². The summed E-state index contributed by atoms with van der Waals surface area (Å²) in [6.45, 7) is 0.533. The van der Waals surface area contributed by atoms with Crippen LogP contribution in [0.4, 0.5) is 4.79 Å². The molecule has 0 unspecified atom stereocenters. The van der Waals surface area contributed by atoms with Crippen molar-refractivity contribution in [3.8, 4) is 0 Å². The van der Waals surface area contributed by atoms with Gasteiger partial charge in [-0.2, -0.15) is 0 Å². The lowest BCUT2D eigenvalue weighted by molar-refractivity contribution is 0.194. The first-order valence-corrected chi connectivity index (χ1v) is 12.2. The Kier molecular flexibility index (Phi) is 7.84. The third-order valence-electron chi connectivity index (χ3n) is 5.29. The second-order valence-corrected chi connectivity index (χ2v) is 10.8. The van der Waals surface area contributed by atoms with Gasteiger partial charge in [-0.1, -0.05) is 61.0 Å². The van der Waals surface area contributed by atoms with Crippen LogP contribution >= 0.6 is 7.26 Å². The molecule has 0 spiro atoms. The Morgan fingerprint density at radius 2 is 1.07 bits per heavy atom. The first-order chi connectivity index (χ1) is 14.2. The van der Waals surface area contributed by atoms with E-state index in [-0.39, 0.29) is 0 Å². The van der Waals surface area contributed by atoms with E-state index >= 15 is 0 Å². The minimum absolute atomic E-state index is 0.533. The summed E-state index contributed by atoms with van der Waals surface area (Å²) in [6.07, 6.45) is 4.34. The molecule has 0 saturated heterocycles. The van der Waals surface area contributed by atoms with Gasteiger partial charge in [-0.3, -0.25) is 0 Å². The van der Waals surface area contributed by atoms with Gasteiger partial charge in [0.2, 0.25) is 0 Å². The number of unbranched alkanes of at least 4 members (excludes halogenated alkanes) is 3. The molecule has 3 aromatic carbocycles. The minimum Gasteiger partial charge on any atom is -0.465 e. The fraction of sp³-hybridized carbons (Fsp3) is 0.240. The Bertz CT molecular complexity index is 772. The van der Waals surface area contributed by atoms with E-state index in [0.29, 0.717) is 6.54 Å². The van der Waals surface area contributed by atoms with E-state index in [2.05, 4.69) is 96.3 Å². The van der Waals surface area contributed by atoms with E-state index < -0.39 is 13.4 Å². The van der Waals surface area contributed by atoms with Crippen LogP contribution in [-0.4, -0.2) is 23.9 Å². The summed E-state index contributed by atoms with van der Waals surface area (Å²) in [6, 6.07) is 32.8. The first kappa shape index (κ1) is 21.1. The van der Waals surface area contributed by atoms with Gasteiger partial charge in [0.1, 0.15) is 23.2 Å². The topological polar surface area (TPSA) is 49.3 Å². The predicted molar refractivity (Wildman–Crippen MR) is 125 cm³/mol. The van der Waals surface area contributed by atoms with Crippen molar-refractivity contribution in [1.29, 1.82) is 0 Å². The molecule has 0 radical (unpaired) electrons. The van der Waals surface area contributed by atoms with Crippen LogP contribution in [0.5, 0.6) is 0 Å². The van der Waals surface area contributed by atoms with Crippen LogP contribution < -0.4 is 21.2 Å². The fourth-order valence-corrected chi connectivity index (χ4v) is 8.32. The molecule has 3 rings (SSSR count). The van der Waals surface area contributed by atoms with Gasteiger partial charge < -0.3 is 10.4 Å². The Labute approximate surface area is 174 Å². The van der Waals surface area contributed by atoms with Crippen molar-refractivity contribution < 1.29 is 9.90 Å². The van der Waals surface area contributed by atoms with Crippen molar-refractivity contribution in [2.45, 2.75) is 25.7 Å². The van der Waals surface area contributed by atoms with Crippen LogP contribution in [-0.2, 0) is 0 Å². The maximum absolute atomic E-state index is 10.6. The van der Waals surface area contributed by atoms with Crippen LogP contribution in [0.25, 0.3) is 0 Å². The van der Waals surface area contributed by atoms with E-state index in [9.17, 15) is 4.79 Å². The van der Waals surface area contributed by atoms with Gasteiger partial charge >= 0.3 is 6.09 Å². The highest BCUT2D eigenvalue weighted by atomic mass is 31.2. The summed E-state index contributed by atoms with van der Waals surface area (Å²) in [4.78, 5) is 10.6. The molecule has 0 saturated carbocycles. The maximum Gasteiger partial charge on any atom is 0.404 e. The molecule has 0 atom stereocenters. The number of carboxylic acid groups (broad SMARTS) is 1. The van der Waals surface area contributed by atoms with Crippen molar-refractivity contribution in [1.82, 2.24) is 5.32 Å². The summed E-state index contributed by atoms with van der Waals surface area (Å²) in [5.41, 5.74) is 0. The average Bonchev–Trinajstić information content (AvgIpc) is 2.77. The highest BCUT2D eigenvalue weighted by molar-refractivity contribution is 7.95. The van der Waals surface area contributed by atoms with Crippen molar-refractivity contribution in [3.05, 3.63) is 91.0 Å². The summed E-state index contributed by atoms with van der Waals surface area (Å²) >= 11 is 0. The SMILES string of the molecule is O=C(O)NCCCCCC[P+](c1ccccc1)(c1ccccc1)c1ccccc1. The lowest BCUT2D eigenvalue weighted by atomic mass is 10.2. The zero-order valence-electron chi connectivity index (χ0n) is 16.7. The number of rotatable bonds is 10. The number of amides is 1. The van der Waals surface area contributed by atoms with Crippen LogP contribution in [0.15, 0.2) is 91.0 Å². The summed E-state index contributed by atoms with van der Waals surface area (Å²) in [5.74, 6) is 0. The molecule has 0 aliphatic carbocycles. The maximum atomic E-state index is 10.6. The van der Waals surface area contributed by atoms with E-state index in [4.69, 9.17) is 5.11 Å². The van der Waals surface area contributed by atoms with E-state index in [0.717, 1.165) is 31.8 Å². The van der Waals surface area contributed by atoms with Gasteiger partial charge in [-0.05, 0) is 55.7 Å². The largest absolute Gasteiger partial charge is 0.465 e. The van der Waals surface area contributed by atoms with Crippen LogP contribution in [0.1, 0.15) is 25.7 Å². The summed E-state index contributed by atoms with van der Waals surface area (Å²) < 4.78 is 0. The predicted octanol–water partition coefficient (Wildman–Crippen LogP) is 4.81. The van der Waals surface area contributed by atoms with Gasteiger partial charge in [-0.25, -0.2) is 4.79 Å². The second-order valence-electron chi connectivity index (χ2n) is 7.19. The molecule has 2 N–H and O–H groups in total. The molecular weight excluding hydrogens is 377 g/mol. The molecular formula is C25H29NO2P+. The van der Waals surface area contributed by atoms with Crippen LogP contribution in [0.2, 0.25) is 0 Å². The molecule has 1 amide bonds. The minimum atomic E-state index is -1.73. The molecule has 0 heterocycles.